The van der Waals surface area contributed by atoms with Crippen LogP contribution in [0.2, 0.25) is 0 Å². The van der Waals surface area contributed by atoms with Gasteiger partial charge in [-0.15, -0.1) is 9.05 Å². The number of nitrogens with zero attached hydrogens (tertiary/aromatic N) is 5. The number of carbonyl (C=O) groups is 2. The number of aryl methyl sites for hydroxylation is 2. The molecule has 3 aliphatic rings. The quantitative estimate of drug-likeness (QED) is 0.0392. The predicted molar refractivity (Wildman–Crippen MR) is 251 cm³/mol. The number of imide groups is 1. The number of fused-ring (bicyclic) bond motifs is 3. The third-order valence-corrected chi connectivity index (χ3v) is 15.2. The van der Waals surface area contributed by atoms with Gasteiger partial charge >= 0.3 is 22.4 Å². The minimum atomic E-state index is -5.31. The summed E-state index contributed by atoms with van der Waals surface area (Å²) in [5.74, 6) is -1.54. The topological polar surface area (TPSA) is 386 Å². The Morgan fingerprint density at radius 3 is 2.30 bits per heavy atom. The Labute approximate surface area is 400 Å². The SMILES string of the molecule is Cc1cc2c(cc1C)N(C[C@H](O)[C@H](O)[C@H](O)CO[P+](O)(O)O[P+](O)(O)OC[C@H]1O[C@@H](n3cnc4c(N)ncnc43)[C@H](O)[C@@H]1O)[C@@H]1NC(=O)NC(=O)[C@@]1([C@@H](CC(=N)Cc1ccccc1)c1ccccc1)N2. The van der Waals surface area contributed by atoms with Crippen LogP contribution in [0.1, 0.15) is 40.8 Å². The Morgan fingerprint density at radius 2 is 1.59 bits per heavy atom. The normalized spacial score (nSPS) is 24.2. The Kier molecular flexibility index (Phi) is 14.8. The smallest absolute Gasteiger partial charge is 0.388 e. The van der Waals surface area contributed by atoms with Crippen LogP contribution < -0.4 is 26.6 Å². The van der Waals surface area contributed by atoms with Crippen LogP contribution in [0, 0.1) is 19.3 Å². The van der Waals surface area contributed by atoms with Gasteiger partial charge in [-0.25, -0.2) is 19.7 Å². The molecule has 15 N–H and O–H groups in total. The lowest BCUT2D eigenvalue weighted by atomic mass is 9.70. The summed E-state index contributed by atoms with van der Waals surface area (Å²) in [6.45, 7) is 1.07. The number of amides is 3. The summed E-state index contributed by atoms with van der Waals surface area (Å²) in [7, 11) is -10.5. The predicted octanol–water partition coefficient (Wildman–Crippen LogP) is 0.374. The Hall–Kier alpha value is -5.44. The number of anilines is 3. The molecule has 5 heterocycles. The third kappa shape index (κ3) is 10.5. The first kappa shape index (κ1) is 50.9. The van der Waals surface area contributed by atoms with Crippen molar-refractivity contribution in [1.82, 2.24) is 30.2 Å². The van der Waals surface area contributed by atoms with E-state index in [1.807, 2.05) is 44.2 Å². The number of nitrogens with one attached hydrogen (secondary N) is 4. The van der Waals surface area contributed by atoms with Crippen molar-refractivity contribution < 1.29 is 72.8 Å². The van der Waals surface area contributed by atoms with E-state index in [0.717, 1.165) is 23.0 Å². The second-order valence-corrected chi connectivity index (χ2v) is 20.4. The van der Waals surface area contributed by atoms with Gasteiger partial charge in [0.05, 0.1) is 22.0 Å². The molecule has 27 heteroatoms. The van der Waals surface area contributed by atoms with E-state index in [4.69, 9.17) is 19.5 Å². The number of ether oxygens (including phenoxy) is 1. The first-order valence-electron chi connectivity index (χ1n) is 21.8. The van der Waals surface area contributed by atoms with Crippen LogP contribution in [-0.4, -0.2) is 150 Å². The van der Waals surface area contributed by atoms with Crippen molar-refractivity contribution in [3.05, 3.63) is 108 Å². The minimum absolute atomic E-state index is 0.0305. The molecule has 0 radical (unpaired) electrons. The van der Waals surface area contributed by atoms with Gasteiger partial charge in [-0.05, 0) is 54.7 Å². The molecule has 2 fully saturated rings. The van der Waals surface area contributed by atoms with E-state index in [-0.39, 0.29) is 35.5 Å². The molecule has 0 bridgehead atoms. The summed E-state index contributed by atoms with van der Waals surface area (Å²) in [6, 6.07) is 21.0. The number of aliphatic hydroxyl groups excluding tert-OH is 5. The summed E-state index contributed by atoms with van der Waals surface area (Å²) in [5.41, 5.74) is 8.60. The number of β-amino-alcohol motifs (C(OH)–C–C–N with tert-alkyl or cyclic N) is 1. The number of aliphatic hydroxyl groups is 5. The first-order valence-corrected chi connectivity index (χ1v) is 24.9. The van der Waals surface area contributed by atoms with Gasteiger partial charge in [-0.2, -0.15) is 19.6 Å². The maximum atomic E-state index is 14.6. The van der Waals surface area contributed by atoms with Gasteiger partial charge in [0, 0.05) is 24.6 Å². The van der Waals surface area contributed by atoms with Crippen molar-refractivity contribution in [3.63, 3.8) is 0 Å². The Balaban J connectivity index is 0.962. The summed E-state index contributed by atoms with van der Waals surface area (Å²) in [6.07, 6.45) is -10.9. The molecule has 0 unspecified atom stereocenters. The van der Waals surface area contributed by atoms with Crippen molar-refractivity contribution in [2.75, 3.05) is 35.7 Å². The monoisotopic (exact) mass is 1010 g/mol. The number of hydrogen-bond donors (Lipinski definition) is 14. The average molecular weight is 1010 g/mol. The maximum Gasteiger partial charge on any atom is 0.620 e. The van der Waals surface area contributed by atoms with E-state index in [0.29, 0.717) is 16.9 Å². The van der Waals surface area contributed by atoms with Crippen LogP contribution in [0.3, 0.4) is 0 Å². The molecule has 25 nitrogen and oxygen atoms in total. The van der Waals surface area contributed by atoms with E-state index >= 15 is 0 Å². The molecular weight excluding hydrogens is 958 g/mol. The highest BCUT2D eigenvalue weighted by Gasteiger charge is 2.63. The molecule has 0 spiro atoms. The number of aromatic nitrogens is 4. The minimum Gasteiger partial charge on any atom is -0.388 e. The second-order valence-electron chi connectivity index (χ2n) is 17.3. The molecular formula is C43H54N10O15P2+2. The van der Waals surface area contributed by atoms with Gasteiger partial charge in [0.2, 0.25) is 0 Å². The Bertz CT molecular complexity index is 2710. The lowest BCUT2D eigenvalue weighted by Gasteiger charge is -2.56. The van der Waals surface area contributed by atoms with Crippen LogP contribution in [0.4, 0.5) is 22.0 Å². The van der Waals surface area contributed by atoms with Crippen molar-refractivity contribution in [2.45, 2.75) is 87.2 Å². The van der Waals surface area contributed by atoms with Crippen LogP contribution in [0.25, 0.3) is 11.2 Å². The molecule has 0 aliphatic carbocycles. The zero-order valence-electron chi connectivity index (χ0n) is 37.5. The zero-order chi connectivity index (χ0) is 50.3. The third-order valence-electron chi connectivity index (χ3n) is 12.5. The number of rotatable bonds is 19. The summed E-state index contributed by atoms with van der Waals surface area (Å²) in [5, 5.41) is 73.3. The molecule has 5 aromatic rings. The maximum absolute atomic E-state index is 14.6. The van der Waals surface area contributed by atoms with Crippen LogP contribution >= 0.6 is 16.3 Å². The van der Waals surface area contributed by atoms with Gasteiger partial charge in [-0.1, -0.05) is 60.7 Å². The molecule has 374 valence electrons. The number of imidazole rings is 1. The van der Waals surface area contributed by atoms with Crippen LogP contribution in [0.15, 0.2) is 85.5 Å². The van der Waals surface area contributed by atoms with Gasteiger partial charge in [0.25, 0.3) is 5.91 Å². The average Bonchev–Trinajstić information content (AvgIpc) is 3.87. The van der Waals surface area contributed by atoms with E-state index in [1.165, 1.54) is 15.8 Å². The number of carbonyl (C=O) groups excluding carboxylic acids is 2. The van der Waals surface area contributed by atoms with Gasteiger partial charge in [0.15, 0.2) is 23.2 Å². The number of nitrogens with two attached hydrogens (primary N) is 1. The molecule has 3 aromatic carbocycles. The summed E-state index contributed by atoms with van der Waals surface area (Å²) >= 11 is 0. The molecule has 0 saturated carbocycles. The largest absolute Gasteiger partial charge is 0.620 e. The number of urea groups is 1. The fourth-order valence-electron chi connectivity index (χ4n) is 8.93. The molecule has 10 atom stereocenters. The number of nitrogen functional groups attached to an aromatic ring is 1. The van der Waals surface area contributed by atoms with Crippen molar-refractivity contribution in [3.8, 4) is 0 Å². The fraction of sp³-hybridized carbons (Fsp3) is 0.395. The van der Waals surface area contributed by atoms with Gasteiger partial charge in [-0.3, -0.25) is 14.7 Å². The Morgan fingerprint density at radius 1 is 0.914 bits per heavy atom. The van der Waals surface area contributed by atoms with Crippen molar-refractivity contribution >= 4 is 62.3 Å². The highest BCUT2D eigenvalue weighted by molar-refractivity contribution is 7.68. The first-order chi connectivity index (χ1) is 33.2. The molecule has 3 amide bonds. The molecule has 2 aromatic heterocycles. The van der Waals surface area contributed by atoms with E-state index in [1.54, 1.807) is 42.5 Å². The van der Waals surface area contributed by atoms with E-state index in [2.05, 4.69) is 35.2 Å². The molecule has 8 rings (SSSR count). The molecule has 70 heavy (non-hydrogen) atoms. The van der Waals surface area contributed by atoms with Crippen molar-refractivity contribution in [1.29, 1.82) is 5.41 Å². The van der Waals surface area contributed by atoms with Crippen LogP contribution in [-0.2, 0) is 29.3 Å². The summed E-state index contributed by atoms with van der Waals surface area (Å²) < 4.78 is 21.4. The number of benzene rings is 3. The van der Waals surface area contributed by atoms with Crippen LogP contribution in [0.5, 0.6) is 0 Å². The second kappa shape index (κ2) is 20.4. The standard InChI is InChI=1S/C43H52N10O15P2/c1-22-13-28-29(14-23(22)2)52(40-43(51-28,41(59)50-42(60)49-40)27(25-11-7-4-8-12-25)16-26(44)15-24-9-5-3-6-10-24)17-30(54)34(56)31(55)18-65-69(61,62)68-70(63,64)66-19-32-35(57)36(58)39(67-32)53-21-48-33-37(45)46-20-47-38(33)53/h3-14,20-21,27,30-32,34-36,39-40,44,51,54-58,61-64H,15-19H2,1-2H3,(H2-2,45,46,47,49,50,59,60)/p+2/t27-,30-,31+,32+,34-,35+,36+,39+,40-,43-/m0/s1. The summed E-state index contributed by atoms with van der Waals surface area (Å²) in [4.78, 5) is 83.5. The van der Waals surface area contributed by atoms with Crippen molar-refractivity contribution in [2.24, 2.45) is 0 Å². The van der Waals surface area contributed by atoms with Gasteiger partial charge < -0.3 is 56.9 Å². The highest BCUT2D eigenvalue weighted by atomic mass is 31.3. The van der Waals surface area contributed by atoms with E-state index in [9.17, 15) is 60.1 Å². The highest BCUT2D eigenvalue weighted by Crippen LogP contribution is 2.70. The lowest BCUT2D eigenvalue weighted by molar-refractivity contribution is -0.127. The molecule has 3 aliphatic heterocycles. The zero-order valence-corrected chi connectivity index (χ0v) is 39.3. The lowest BCUT2D eigenvalue weighted by Crippen LogP contribution is -2.80. The number of hydrogen-bond acceptors (Lipinski definition) is 22. The fourth-order valence-corrected chi connectivity index (χ4v) is 11.1. The van der Waals surface area contributed by atoms with Gasteiger partial charge in [0.1, 0.15) is 67.8 Å². The molecule has 2 saturated heterocycles. The van der Waals surface area contributed by atoms with E-state index < -0.39 is 109 Å².